The van der Waals surface area contributed by atoms with Crippen molar-refractivity contribution in [1.82, 2.24) is 4.57 Å². The van der Waals surface area contributed by atoms with Crippen LogP contribution in [0.25, 0.3) is 22.2 Å². The summed E-state index contributed by atoms with van der Waals surface area (Å²) in [6, 6.07) is 13.3. The fourth-order valence-electron chi connectivity index (χ4n) is 2.79. The van der Waals surface area contributed by atoms with Gasteiger partial charge in [-0.25, -0.2) is 9.36 Å². The number of aromatic nitrogens is 1. The highest BCUT2D eigenvalue weighted by Gasteiger charge is 2.23. The Morgan fingerprint density at radius 1 is 1.07 bits per heavy atom. The van der Waals surface area contributed by atoms with Gasteiger partial charge in [-0.15, -0.1) is 0 Å². The van der Waals surface area contributed by atoms with Crippen molar-refractivity contribution >= 4 is 22.7 Å². The summed E-state index contributed by atoms with van der Waals surface area (Å²) in [5, 5.41) is 11.7. The smallest absolute Gasteiger partial charge is 0.419 e. The van der Waals surface area contributed by atoms with Gasteiger partial charge in [-0.3, -0.25) is 10.1 Å². The molecule has 27 heavy (non-hydrogen) atoms. The van der Waals surface area contributed by atoms with E-state index in [0.717, 1.165) is 5.39 Å². The van der Waals surface area contributed by atoms with Crippen LogP contribution in [0.1, 0.15) is 20.8 Å². The summed E-state index contributed by atoms with van der Waals surface area (Å²) in [4.78, 5) is 23.3. The quantitative estimate of drug-likeness (QED) is 0.479. The number of carbonyl (C=O) groups is 1. The fraction of sp³-hybridized carbons (Fsp3) is 0.250. The Kier molecular flexibility index (Phi) is 4.61. The van der Waals surface area contributed by atoms with Gasteiger partial charge in [0.05, 0.1) is 23.2 Å². The first-order chi connectivity index (χ1) is 12.7. The number of non-ortho nitro benzene ring substituents is 1. The number of carbonyl (C=O) groups excluding carboxylic acids is 1. The maximum absolute atomic E-state index is 12.9. The molecule has 140 valence electrons. The third-order valence-corrected chi connectivity index (χ3v) is 3.96. The van der Waals surface area contributed by atoms with Crippen molar-refractivity contribution in [2.75, 3.05) is 7.11 Å². The summed E-state index contributed by atoms with van der Waals surface area (Å²) < 4.78 is 12.3. The number of rotatable bonds is 3. The standard InChI is InChI=1S/C20H20N2O5/c1-20(2,3)27-19(23)21-17-10-9-16(26-4)11-14(17)12-18(21)13-5-7-15(8-6-13)22(24)25/h5-12H,1-4H3. The van der Waals surface area contributed by atoms with Gasteiger partial charge in [-0.2, -0.15) is 0 Å². The second-order valence-electron chi connectivity index (χ2n) is 7.07. The molecule has 0 saturated heterocycles. The first-order valence-electron chi connectivity index (χ1n) is 8.37. The molecule has 0 aliphatic heterocycles. The van der Waals surface area contributed by atoms with E-state index < -0.39 is 16.6 Å². The summed E-state index contributed by atoms with van der Waals surface area (Å²) in [7, 11) is 1.57. The van der Waals surface area contributed by atoms with Gasteiger partial charge in [0.15, 0.2) is 0 Å². The number of nitro groups is 1. The van der Waals surface area contributed by atoms with Crippen molar-refractivity contribution in [2.24, 2.45) is 0 Å². The van der Waals surface area contributed by atoms with Crippen molar-refractivity contribution in [3.8, 4) is 17.0 Å². The lowest BCUT2D eigenvalue weighted by molar-refractivity contribution is -0.384. The molecule has 3 rings (SSSR count). The molecule has 1 aromatic heterocycles. The predicted octanol–water partition coefficient (Wildman–Crippen LogP) is 5.01. The normalized spacial score (nSPS) is 11.4. The average molecular weight is 368 g/mol. The highest BCUT2D eigenvalue weighted by Crippen LogP contribution is 2.32. The van der Waals surface area contributed by atoms with E-state index >= 15 is 0 Å². The Morgan fingerprint density at radius 2 is 1.74 bits per heavy atom. The van der Waals surface area contributed by atoms with Crippen LogP contribution in [0.4, 0.5) is 10.5 Å². The zero-order valence-corrected chi connectivity index (χ0v) is 15.6. The van der Waals surface area contributed by atoms with Crippen LogP contribution >= 0.6 is 0 Å². The molecule has 0 amide bonds. The molecule has 0 bridgehead atoms. The molecule has 0 atom stereocenters. The molecular formula is C20H20N2O5. The molecule has 7 nitrogen and oxygen atoms in total. The largest absolute Gasteiger partial charge is 0.497 e. The van der Waals surface area contributed by atoms with E-state index in [-0.39, 0.29) is 5.69 Å². The molecule has 1 heterocycles. The first kappa shape index (κ1) is 18.4. The van der Waals surface area contributed by atoms with E-state index in [1.165, 1.54) is 16.7 Å². The molecule has 0 aliphatic rings. The predicted molar refractivity (Wildman–Crippen MR) is 102 cm³/mol. The van der Waals surface area contributed by atoms with Crippen molar-refractivity contribution in [1.29, 1.82) is 0 Å². The molecule has 0 spiro atoms. The number of hydrogen-bond donors (Lipinski definition) is 0. The number of ether oxygens (including phenoxy) is 2. The van der Waals surface area contributed by atoms with Crippen molar-refractivity contribution in [3.63, 3.8) is 0 Å². The Hall–Kier alpha value is -3.35. The van der Waals surface area contributed by atoms with Gasteiger partial charge in [0.25, 0.3) is 5.69 Å². The molecule has 0 radical (unpaired) electrons. The third kappa shape index (κ3) is 3.76. The van der Waals surface area contributed by atoms with Gasteiger partial charge in [-0.05, 0) is 62.7 Å². The maximum atomic E-state index is 12.9. The summed E-state index contributed by atoms with van der Waals surface area (Å²) in [6.07, 6.45) is -0.518. The molecule has 0 saturated carbocycles. The van der Waals surface area contributed by atoms with Crippen LogP contribution in [0.2, 0.25) is 0 Å². The second-order valence-corrected chi connectivity index (χ2v) is 7.07. The van der Waals surface area contributed by atoms with Crippen LogP contribution in [0.5, 0.6) is 5.75 Å². The van der Waals surface area contributed by atoms with E-state index in [1.807, 2.05) is 12.1 Å². The highest BCUT2D eigenvalue weighted by molar-refractivity contribution is 5.96. The monoisotopic (exact) mass is 368 g/mol. The van der Waals surface area contributed by atoms with Crippen LogP contribution in [0.3, 0.4) is 0 Å². The zero-order valence-electron chi connectivity index (χ0n) is 15.6. The lowest BCUT2D eigenvalue weighted by Gasteiger charge is -2.21. The number of nitro benzene ring substituents is 1. The minimum Gasteiger partial charge on any atom is -0.497 e. The van der Waals surface area contributed by atoms with Gasteiger partial charge < -0.3 is 9.47 Å². The molecule has 2 aromatic carbocycles. The van der Waals surface area contributed by atoms with Crippen LogP contribution < -0.4 is 4.74 Å². The van der Waals surface area contributed by atoms with E-state index in [4.69, 9.17) is 9.47 Å². The van der Waals surface area contributed by atoms with Gasteiger partial charge in [0, 0.05) is 17.5 Å². The lowest BCUT2D eigenvalue weighted by atomic mass is 10.1. The number of methoxy groups -OCH3 is 1. The van der Waals surface area contributed by atoms with Gasteiger partial charge >= 0.3 is 6.09 Å². The Balaban J connectivity index is 2.19. The SMILES string of the molecule is COc1ccc2c(c1)cc(-c1ccc([N+](=O)[O-])cc1)n2C(=O)OC(C)(C)C. The fourth-order valence-corrected chi connectivity index (χ4v) is 2.79. The van der Waals surface area contributed by atoms with Crippen LogP contribution in [-0.2, 0) is 4.74 Å². The van der Waals surface area contributed by atoms with Crippen molar-refractivity contribution in [2.45, 2.75) is 26.4 Å². The molecular weight excluding hydrogens is 348 g/mol. The molecule has 3 aromatic rings. The van der Waals surface area contributed by atoms with Crippen LogP contribution in [0.15, 0.2) is 48.5 Å². The first-order valence-corrected chi connectivity index (χ1v) is 8.37. The minimum absolute atomic E-state index is 0.0136. The molecule has 0 N–H and O–H groups in total. The van der Waals surface area contributed by atoms with E-state index in [0.29, 0.717) is 22.5 Å². The van der Waals surface area contributed by atoms with Crippen molar-refractivity contribution < 1.29 is 19.2 Å². The number of benzene rings is 2. The minimum atomic E-state index is -0.660. The third-order valence-electron chi connectivity index (χ3n) is 3.96. The summed E-state index contributed by atoms with van der Waals surface area (Å²) >= 11 is 0. The second kappa shape index (κ2) is 6.75. The Labute approximate surface area is 156 Å². The van der Waals surface area contributed by atoms with Crippen molar-refractivity contribution in [3.05, 3.63) is 58.6 Å². The summed E-state index contributed by atoms with van der Waals surface area (Å²) in [6.45, 7) is 5.39. The Bertz CT molecular complexity index is 1010. The number of fused-ring (bicyclic) bond motifs is 1. The van der Waals surface area contributed by atoms with Crippen LogP contribution in [0, 0.1) is 10.1 Å². The average Bonchev–Trinajstić information content (AvgIpc) is 2.98. The van der Waals surface area contributed by atoms with E-state index in [2.05, 4.69) is 0 Å². The molecule has 0 aliphatic carbocycles. The number of nitrogens with zero attached hydrogens (tertiary/aromatic N) is 2. The number of hydrogen-bond acceptors (Lipinski definition) is 5. The zero-order chi connectivity index (χ0) is 19.8. The van der Waals surface area contributed by atoms with Gasteiger partial charge in [0.2, 0.25) is 0 Å². The Morgan fingerprint density at radius 3 is 2.30 bits per heavy atom. The molecule has 0 fully saturated rings. The maximum Gasteiger partial charge on any atom is 0.419 e. The molecule has 7 heteroatoms. The van der Waals surface area contributed by atoms with Gasteiger partial charge in [-0.1, -0.05) is 0 Å². The highest BCUT2D eigenvalue weighted by atomic mass is 16.6. The summed E-state index contributed by atoms with van der Waals surface area (Å²) in [5.74, 6) is 0.666. The van der Waals surface area contributed by atoms with E-state index in [9.17, 15) is 14.9 Å². The van der Waals surface area contributed by atoms with E-state index in [1.54, 1.807) is 52.1 Å². The lowest BCUT2D eigenvalue weighted by Crippen LogP contribution is -2.27. The summed E-state index contributed by atoms with van der Waals surface area (Å²) in [5.41, 5.74) is 1.25. The topological polar surface area (TPSA) is 83.6 Å². The molecule has 0 unspecified atom stereocenters. The van der Waals surface area contributed by atoms with Gasteiger partial charge in [0.1, 0.15) is 11.4 Å². The van der Waals surface area contributed by atoms with Crippen LogP contribution in [-0.4, -0.2) is 28.3 Å².